The highest BCUT2D eigenvalue weighted by Crippen LogP contribution is 2.24. The first-order valence-electron chi connectivity index (χ1n) is 10.2. The molecule has 2 N–H and O–H groups in total. The van der Waals surface area contributed by atoms with E-state index in [1.807, 2.05) is 6.92 Å². The van der Waals surface area contributed by atoms with Crippen LogP contribution in [-0.2, 0) is 30.2 Å². The molecular formula is C21H33N3OS. The van der Waals surface area contributed by atoms with Gasteiger partial charge >= 0.3 is 0 Å². The molecule has 3 atom stereocenters. The van der Waals surface area contributed by atoms with Crippen molar-refractivity contribution < 1.29 is 4.21 Å². The number of guanidine groups is 1. The number of nitrogens with zero attached hydrogens (tertiary/aromatic N) is 1. The minimum atomic E-state index is -0.687. The van der Waals surface area contributed by atoms with Crippen LogP contribution in [0.2, 0.25) is 0 Å². The van der Waals surface area contributed by atoms with Crippen molar-refractivity contribution in [2.24, 2.45) is 4.99 Å². The Bertz CT molecular complexity index is 659. The lowest BCUT2D eigenvalue weighted by Crippen LogP contribution is -2.46. The lowest BCUT2D eigenvalue weighted by atomic mass is 9.95. The molecule has 0 amide bonds. The van der Waals surface area contributed by atoms with Gasteiger partial charge in [0.25, 0.3) is 0 Å². The number of hydrogen-bond acceptors (Lipinski definition) is 2. The van der Waals surface area contributed by atoms with E-state index in [4.69, 9.17) is 4.99 Å². The van der Waals surface area contributed by atoms with Crippen molar-refractivity contribution in [1.82, 2.24) is 10.6 Å². The van der Waals surface area contributed by atoms with Gasteiger partial charge in [-0.3, -0.25) is 4.21 Å². The quantitative estimate of drug-likeness (QED) is 0.592. The second kappa shape index (κ2) is 9.54. The second-order valence-electron chi connectivity index (χ2n) is 7.45. The van der Waals surface area contributed by atoms with Crippen LogP contribution in [0.25, 0.3) is 0 Å². The molecule has 1 saturated carbocycles. The Morgan fingerprint density at radius 3 is 2.85 bits per heavy atom. The number of aliphatic imine (C=N–C) groups is 1. The van der Waals surface area contributed by atoms with Crippen LogP contribution in [0, 0.1) is 0 Å². The summed E-state index contributed by atoms with van der Waals surface area (Å²) in [6.07, 6.45) is 8.10. The lowest BCUT2D eigenvalue weighted by molar-refractivity contribution is 0.413. The Morgan fingerprint density at radius 2 is 2.04 bits per heavy atom. The number of benzene rings is 1. The molecular weight excluding hydrogens is 342 g/mol. The first kappa shape index (κ1) is 19.4. The molecule has 0 spiro atoms. The molecule has 3 unspecified atom stereocenters. The average Bonchev–Trinajstić information content (AvgIpc) is 3.13. The van der Waals surface area contributed by atoms with Crippen molar-refractivity contribution >= 4 is 16.8 Å². The molecule has 1 aromatic carbocycles. The molecule has 0 saturated heterocycles. The summed E-state index contributed by atoms with van der Waals surface area (Å²) in [5, 5.41) is 7.31. The van der Waals surface area contributed by atoms with Crippen LogP contribution in [-0.4, -0.2) is 33.8 Å². The molecule has 0 bridgehead atoms. The smallest absolute Gasteiger partial charge is 0.191 e. The summed E-state index contributed by atoms with van der Waals surface area (Å²) in [6, 6.07) is 7.20. The molecule has 2 aliphatic rings. The molecule has 144 valence electrons. The third-order valence-electron chi connectivity index (χ3n) is 5.55. The molecule has 4 nitrogen and oxygen atoms in total. The van der Waals surface area contributed by atoms with Crippen molar-refractivity contribution in [3.8, 4) is 0 Å². The van der Waals surface area contributed by atoms with E-state index in [1.165, 1.54) is 36.0 Å². The molecule has 0 aromatic heterocycles. The first-order valence-corrected chi connectivity index (χ1v) is 11.6. The zero-order valence-corrected chi connectivity index (χ0v) is 17.0. The minimum Gasteiger partial charge on any atom is -0.357 e. The molecule has 1 fully saturated rings. The molecule has 1 aromatic rings. The van der Waals surface area contributed by atoms with Crippen LogP contribution in [0.3, 0.4) is 0 Å². The fourth-order valence-corrected chi connectivity index (χ4v) is 5.51. The Hall–Kier alpha value is -1.36. The van der Waals surface area contributed by atoms with Crippen LogP contribution in [0.15, 0.2) is 23.2 Å². The van der Waals surface area contributed by atoms with Gasteiger partial charge < -0.3 is 10.6 Å². The summed E-state index contributed by atoms with van der Waals surface area (Å²) in [4.78, 5) is 4.81. The molecule has 0 heterocycles. The van der Waals surface area contributed by atoms with E-state index in [1.54, 1.807) is 0 Å². The highest BCUT2D eigenvalue weighted by atomic mass is 32.2. The third-order valence-corrected chi connectivity index (χ3v) is 7.29. The van der Waals surface area contributed by atoms with Gasteiger partial charge in [-0.15, -0.1) is 0 Å². The van der Waals surface area contributed by atoms with Crippen LogP contribution in [0.4, 0.5) is 0 Å². The van der Waals surface area contributed by atoms with E-state index in [0.29, 0.717) is 17.8 Å². The number of fused-ring (bicyclic) bond motifs is 1. The van der Waals surface area contributed by atoms with E-state index in [9.17, 15) is 4.21 Å². The van der Waals surface area contributed by atoms with E-state index >= 15 is 0 Å². The zero-order valence-electron chi connectivity index (χ0n) is 16.2. The predicted octanol–water partition coefficient (Wildman–Crippen LogP) is 3.31. The summed E-state index contributed by atoms with van der Waals surface area (Å²) in [5.41, 5.74) is 4.31. The van der Waals surface area contributed by atoms with Gasteiger partial charge in [-0.1, -0.05) is 31.5 Å². The van der Waals surface area contributed by atoms with Crippen LogP contribution in [0.1, 0.15) is 62.6 Å². The summed E-state index contributed by atoms with van der Waals surface area (Å²) < 4.78 is 12.2. The number of aryl methyl sites for hydroxylation is 2. The maximum Gasteiger partial charge on any atom is 0.191 e. The predicted molar refractivity (Wildman–Crippen MR) is 111 cm³/mol. The van der Waals surface area contributed by atoms with Gasteiger partial charge in [0, 0.05) is 34.4 Å². The van der Waals surface area contributed by atoms with Gasteiger partial charge in [-0.25, -0.2) is 4.99 Å². The monoisotopic (exact) mass is 375 g/mol. The van der Waals surface area contributed by atoms with E-state index in [-0.39, 0.29) is 0 Å². The fraction of sp³-hybridized carbons (Fsp3) is 0.667. The molecule has 26 heavy (non-hydrogen) atoms. The standard InChI is InChI=1S/C21H33N3OS/c1-3-22-21(24-19-9-6-10-20(14-19)26(25)4-2)23-15-16-11-12-17-7-5-8-18(17)13-16/h11-13,19-20H,3-10,14-15H2,1-2H3,(H2,22,23,24). The van der Waals surface area contributed by atoms with Crippen molar-refractivity contribution in [2.75, 3.05) is 12.3 Å². The summed E-state index contributed by atoms with van der Waals surface area (Å²) in [5.74, 6) is 1.66. The Kier molecular flexibility index (Phi) is 7.12. The summed E-state index contributed by atoms with van der Waals surface area (Å²) in [6.45, 7) is 5.68. The molecule has 5 heteroatoms. The Balaban J connectivity index is 1.61. The van der Waals surface area contributed by atoms with Crippen LogP contribution < -0.4 is 10.6 Å². The van der Waals surface area contributed by atoms with Gasteiger partial charge in [0.05, 0.1) is 6.54 Å². The van der Waals surface area contributed by atoms with Crippen molar-refractivity contribution in [2.45, 2.75) is 76.6 Å². The van der Waals surface area contributed by atoms with E-state index in [2.05, 4.69) is 35.8 Å². The molecule has 3 rings (SSSR count). The van der Waals surface area contributed by atoms with Gasteiger partial charge in [-0.05, 0) is 62.1 Å². The highest BCUT2D eigenvalue weighted by Gasteiger charge is 2.26. The Morgan fingerprint density at radius 1 is 1.19 bits per heavy atom. The second-order valence-corrected chi connectivity index (χ2v) is 9.46. The summed E-state index contributed by atoms with van der Waals surface area (Å²) in [7, 11) is -0.687. The van der Waals surface area contributed by atoms with Gasteiger partial charge in [0.1, 0.15) is 0 Å². The molecule has 2 aliphatic carbocycles. The fourth-order valence-electron chi connectivity index (χ4n) is 4.16. The average molecular weight is 376 g/mol. The third kappa shape index (κ3) is 5.09. The highest BCUT2D eigenvalue weighted by molar-refractivity contribution is 7.85. The van der Waals surface area contributed by atoms with Crippen LogP contribution >= 0.6 is 0 Å². The van der Waals surface area contributed by atoms with E-state index < -0.39 is 10.8 Å². The normalized spacial score (nSPS) is 24.2. The number of nitrogens with one attached hydrogen (secondary N) is 2. The maximum atomic E-state index is 12.2. The Labute approximate surface area is 160 Å². The summed E-state index contributed by atoms with van der Waals surface area (Å²) >= 11 is 0. The SMILES string of the molecule is CCNC(=NCc1ccc2c(c1)CCC2)NC1CCCC(S(=O)CC)C1. The maximum absolute atomic E-state index is 12.2. The zero-order chi connectivity index (χ0) is 18.4. The number of hydrogen-bond donors (Lipinski definition) is 2. The lowest BCUT2D eigenvalue weighted by Gasteiger charge is -2.30. The van der Waals surface area contributed by atoms with Gasteiger partial charge in [-0.2, -0.15) is 0 Å². The van der Waals surface area contributed by atoms with Crippen molar-refractivity contribution in [3.63, 3.8) is 0 Å². The molecule has 0 aliphatic heterocycles. The van der Waals surface area contributed by atoms with E-state index in [0.717, 1.165) is 43.9 Å². The largest absolute Gasteiger partial charge is 0.357 e. The van der Waals surface area contributed by atoms with Gasteiger partial charge in [0.2, 0.25) is 0 Å². The van der Waals surface area contributed by atoms with Crippen molar-refractivity contribution in [3.05, 3.63) is 34.9 Å². The number of rotatable bonds is 6. The minimum absolute atomic E-state index is 0.339. The molecule has 0 radical (unpaired) electrons. The van der Waals surface area contributed by atoms with Crippen LogP contribution in [0.5, 0.6) is 0 Å². The topological polar surface area (TPSA) is 53.5 Å². The van der Waals surface area contributed by atoms with Crippen molar-refractivity contribution in [1.29, 1.82) is 0 Å². The first-order chi connectivity index (χ1) is 12.7. The van der Waals surface area contributed by atoms with Gasteiger partial charge in [0.15, 0.2) is 5.96 Å².